The molecule has 1 aliphatic heterocycles. The van der Waals surface area contributed by atoms with Crippen LogP contribution in [0.1, 0.15) is 19.4 Å². The zero-order valence-corrected chi connectivity index (χ0v) is 16.7. The Morgan fingerprint density at radius 2 is 1.97 bits per heavy atom. The number of nitro benzene ring substituents is 1. The van der Waals surface area contributed by atoms with Crippen molar-refractivity contribution in [2.45, 2.75) is 13.8 Å². The zero-order valence-electron chi connectivity index (χ0n) is 15.9. The van der Waals surface area contributed by atoms with Crippen LogP contribution in [0.15, 0.2) is 52.4 Å². The molecule has 0 radical (unpaired) electrons. The predicted molar refractivity (Wildman–Crippen MR) is 112 cm³/mol. The van der Waals surface area contributed by atoms with E-state index < -0.39 is 16.4 Å². The summed E-state index contributed by atoms with van der Waals surface area (Å²) >= 11 is 1.20. The Labute approximate surface area is 171 Å². The van der Waals surface area contributed by atoms with E-state index in [1.165, 1.54) is 30.0 Å². The van der Waals surface area contributed by atoms with Crippen molar-refractivity contribution < 1.29 is 19.6 Å². The van der Waals surface area contributed by atoms with E-state index in [0.717, 1.165) is 5.75 Å². The molecule has 0 spiro atoms. The van der Waals surface area contributed by atoms with Crippen molar-refractivity contribution >= 4 is 40.3 Å². The second-order valence-electron chi connectivity index (χ2n) is 5.99. The highest BCUT2D eigenvalue weighted by molar-refractivity contribution is 8.18. The number of nitrogens with zero attached hydrogens (tertiary/aromatic N) is 3. The number of carbonyl (C=O) groups is 1. The average Bonchev–Trinajstić information content (AvgIpc) is 2.99. The van der Waals surface area contributed by atoms with Crippen molar-refractivity contribution in [1.29, 1.82) is 0 Å². The molecule has 0 aliphatic carbocycles. The number of rotatable bonds is 6. The van der Waals surface area contributed by atoms with Gasteiger partial charge in [-0.05, 0) is 67.6 Å². The van der Waals surface area contributed by atoms with Crippen molar-refractivity contribution in [2.75, 3.05) is 13.2 Å². The number of phenolic OH excluding ortho intramolecular Hbond substituents is 1. The molecule has 1 amide bonds. The summed E-state index contributed by atoms with van der Waals surface area (Å²) < 4.78 is 5.42. The third kappa shape index (κ3) is 4.57. The number of amidine groups is 1. The summed E-state index contributed by atoms with van der Waals surface area (Å²) in [5, 5.41) is 21.1. The predicted octanol–water partition coefficient (Wildman–Crippen LogP) is 4.32. The van der Waals surface area contributed by atoms with Crippen LogP contribution in [0.3, 0.4) is 0 Å². The lowest BCUT2D eigenvalue weighted by Crippen LogP contribution is -2.28. The van der Waals surface area contributed by atoms with Gasteiger partial charge in [-0.25, -0.2) is 4.99 Å². The zero-order chi connectivity index (χ0) is 21.0. The number of benzene rings is 2. The molecule has 0 saturated carbocycles. The van der Waals surface area contributed by atoms with Crippen molar-refractivity contribution in [3.8, 4) is 11.5 Å². The monoisotopic (exact) mass is 413 g/mol. The molecule has 1 heterocycles. The minimum atomic E-state index is -0.669. The molecule has 9 heteroatoms. The molecule has 1 saturated heterocycles. The minimum Gasteiger partial charge on any atom is -0.502 e. The molecule has 2 aromatic carbocycles. The van der Waals surface area contributed by atoms with Crippen LogP contribution in [0.4, 0.5) is 11.4 Å². The highest BCUT2D eigenvalue weighted by Gasteiger charge is 2.32. The molecular weight excluding hydrogens is 394 g/mol. The van der Waals surface area contributed by atoms with Gasteiger partial charge in [0.1, 0.15) is 5.75 Å². The highest BCUT2D eigenvalue weighted by atomic mass is 32.2. The topological polar surface area (TPSA) is 105 Å². The number of ether oxygens (including phenoxy) is 1. The Hall–Kier alpha value is -3.33. The van der Waals surface area contributed by atoms with Gasteiger partial charge < -0.3 is 9.84 Å². The maximum atomic E-state index is 12.7. The molecule has 29 heavy (non-hydrogen) atoms. The number of nitro groups is 1. The highest BCUT2D eigenvalue weighted by Crippen LogP contribution is 2.35. The fourth-order valence-electron chi connectivity index (χ4n) is 2.69. The van der Waals surface area contributed by atoms with Crippen molar-refractivity contribution in [3.05, 3.63) is 63.0 Å². The minimum absolute atomic E-state index is 0.224. The lowest BCUT2D eigenvalue weighted by atomic mass is 10.1. The first-order chi connectivity index (χ1) is 13.9. The number of amides is 1. The molecule has 0 atom stereocenters. The van der Waals surface area contributed by atoms with Crippen LogP contribution in [0.2, 0.25) is 0 Å². The second kappa shape index (κ2) is 8.78. The summed E-state index contributed by atoms with van der Waals surface area (Å²) in [6.07, 6.45) is 1.56. The third-order valence-electron chi connectivity index (χ3n) is 4.07. The second-order valence-corrected chi connectivity index (χ2v) is 7.00. The van der Waals surface area contributed by atoms with Gasteiger partial charge in [0, 0.05) is 12.6 Å². The standard InChI is InChI=1S/C20H19N3O5S/c1-3-22-19(25)18(12-13-5-10-17(24)16(11-13)23(26)27)29-20(22)21-14-6-8-15(9-7-14)28-4-2/h5-12,24H,3-4H2,1-2H3. The van der Waals surface area contributed by atoms with Crippen LogP contribution in [0.25, 0.3) is 6.08 Å². The molecule has 0 bridgehead atoms. The smallest absolute Gasteiger partial charge is 0.311 e. The van der Waals surface area contributed by atoms with Gasteiger partial charge >= 0.3 is 5.69 Å². The van der Waals surface area contributed by atoms with E-state index >= 15 is 0 Å². The first-order valence-electron chi connectivity index (χ1n) is 8.93. The van der Waals surface area contributed by atoms with Gasteiger partial charge in [0.05, 0.1) is 22.1 Å². The molecule has 0 unspecified atom stereocenters. The number of thioether (sulfide) groups is 1. The molecule has 150 valence electrons. The first kappa shape index (κ1) is 20.4. The number of hydrogen-bond donors (Lipinski definition) is 1. The van der Waals surface area contributed by atoms with E-state index in [9.17, 15) is 20.0 Å². The maximum Gasteiger partial charge on any atom is 0.311 e. The molecule has 0 aromatic heterocycles. The van der Waals surface area contributed by atoms with Gasteiger partial charge in [-0.3, -0.25) is 19.8 Å². The Kier molecular flexibility index (Phi) is 6.18. The van der Waals surface area contributed by atoms with E-state index in [1.807, 2.05) is 38.1 Å². The lowest BCUT2D eigenvalue weighted by Gasteiger charge is -2.12. The summed E-state index contributed by atoms with van der Waals surface area (Å²) in [6.45, 7) is 4.77. The number of aliphatic imine (C=N–C) groups is 1. The van der Waals surface area contributed by atoms with E-state index in [-0.39, 0.29) is 5.91 Å². The van der Waals surface area contributed by atoms with Crippen LogP contribution in [0.5, 0.6) is 11.5 Å². The molecule has 3 rings (SSSR count). The summed E-state index contributed by atoms with van der Waals surface area (Å²) in [5.41, 5.74) is 0.720. The van der Waals surface area contributed by atoms with Crippen LogP contribution >= 0.6 is 11.8 Å². The molecular formula is C20H19N3O5S. The van der Waals surface area contributed by atoms with Gasteiger partial charge in [-0.1, -0.05) is 6.07 Å². The Bertz CT molecular complexity index is 1000. The van der Waals surface area contributed by atoms with E-state index in [2.05, 4.69) is 4.99 Å². The van der Waals surface area contributed by atoms with Gasteiger partial charge in [-0.15, -0.1) is 0 Å². The number of aromatic hydroxyl groups is 1. The number of likely N-dealkylation sites (N-methyl/N-ethyl adjacent to an activating group) is 1. The number of carbonyl (C=O) groups excluding carboxylic acids is 1. The van der Waals surface area contributed by atoms with Crippen LogP contribution in [-0.4, -0.2) is 39.2 Å². The summed E-state index contributed by atoms with van der Waals surface area (Å²) in [5.74, 6) is 0.0989. The van der Waals surface area contributed by atoms with E-state index in [1.54, 1.807) is 11.0 Å². The Morgan fingerprint density at radius 3 is 2.59 bits per heavy atom. The fourth-order valence-corrected chi connectivity index (χ4v) is 3.75. The number of phenols is 1. The van der Waals surface area contributed by atoms with Crippen LogP contribution in [-0.2, 0) is 4.79 Å². The van der Waals surface area contributed by atoms with Crippen LogP contribution < -0.4 is 4.74 Å². The molecule has 2 aromatic rings. The first-order valence-corrected chi connectivity index (χ1v) is 9.75. The summed E-state index contributed by atoms with van der Waals surface area (Å²) in [7, 11) is 0. The molecule has 1 aliphatic rings. The third-order valence-corrected chi connectivity index (χ3v) is 5.08. The number of hydrogen-bond acceptors (Lipinski definition) is 7. The summed E-state index contributed by atoms with van der Waals surface area (Å²) in [6, 6.07) is 11.2. The molecule has 1 N–H and O–H groups in total. The van der Waals surface area contributed by atoms with Gasteiger partial charge in [0.25, 0.3) is 5.91 Å². The summed E-state index contributed by atoms with van der Waals surface area (Å²) in [4.78, 5) is 29.6. The molecule has 8 nitrogen and oxygen atoms in total. The Morgan fingerprint density at radius 1 is 1.24 bits per heavy atom. The normalized spacial score (nSPS) is 16.6. The van der Waals surface area contributed by atoms with Crippen molar-refractivity contribution in [3.63, 3.8) is 0 Å². The van der Waals surface area contributed by atoms with E-state index in [4.69, 9.17) is 4.74 Å². The fraction of sp³-hybridized carbons (Fsp3) is 0.200. The van der Waals surface area contributed by atoms with Gasteiger partial charge in [-0.2, -0.15) is 0 Å². The van der Waals surface area contributed by atoms with Crippen molar-refractivity contribution in [2.24, 2.45) is 4.99 Å². The largest absolute Gasteiger partial charge is 0.502 e. The Balaban J connectivity index is 1.89. The van der Waals surface area contributed by atoms with E-state index in [0.29, 0.717) is 34.5 Å². The van der Waals surface area contributed by atoms with Crippen molar-refractivity contribution in [1.82, 2.24) is 4.90 Å². The van der Waals surface area contributed by atoms with Gasteiger partial charge in [0.15, 0.2) is 10.9 Å². The van der Waals surface area contributed by atoms with Crippen LogP contribution in [0, 0.1) is 10.1 Å². The molecule has 1 fully saturated rings. The quantitative estimate of drug-likeness (QED) is 0.429. The SMILES string of the molecule is CCOc1ccc(N=C2SC(=Cc3ccc(O)c([N+](=O)[O-])c3)C(=O)N2CC)cc1. The average molecular weight is 413 g/mol. The van der Waals surface area contributed by atoms with Gasteiger partial charge in [0.2, 0.25) is 0 Å². The maximum absolute atomic E-state index is 12.7. The lowest BCUT2D eigenvalue weighted by molar-refractivity contribution is -0.385.